The van der Waals surface area contributed by atoms with Crippen molar-refractivity contribution < 1.29 is 22.8 Å². The van der Waals surface area contributed by atoms with Crippen LogP contribution in [0.1, 0.15) is 5.82 Å². The zero-order valence-electron chi connectivity index (χ0n) is 10.2. The molecule has 9 heteroatoms. The van der Waals surface area contributed by atoms with Crippen molar-refractivity contribution in [1.29, 1.82) is 0 Å². The molecule has 0 amide bonds. The molecule has 3 aromatic rings. The third-order valence-corrected chi connectivity index (χ3v) is 2.60. The Balaban J connectivity index is 2.00. The van der Waals surface area contributed by atoms with Gasteiger partial charge in [-0.05, 0) is 12.1 Å². The van der Waals surface area contributed by atoms with Crippen LogP contribution in [0, 0.1) is 0 Å². The first-order valence-corrected chi connectivity index (χ1v) is 5.70. The maximum absolute atomic E-state index is 12.4. The third-order valence-electron chi connectivity index (χ3n) is 2.60. The summed E-state index contributed by atoms with van der Waals surface area (Å²) in [4.78, 5) is 3.18. The van der Waals surface area contributed by atoms with Crippen LogP contribution in [0.4, 0.5) is 13.2 Å². The Morgan fingerprint density at radius 3 is 2.48 bits per heavy atom. The van der Waals surface area contributed by atoms with Gasteiger partial charge in [0, 0.05) is 0 Å². The molecule has 0 spiro atoms. The smallest absolute Gasteiger partial charge is 0.455 e. The van der Waals surface area contributed by atoms with Gasteiger partial charge in [0.1, 0.15) is 0 Å². The molecule has 2 heterocycles. The molecule has 0 atom stereocenters. The summed E-state index contributed by atoms with van der Waals surface area (Å²) in [6, 6.07) is 8.72. The predicted octanol–water partition coefficient (Wildman–Crippen LogP) is 2.65. The van der Waals surface area contributed by atoms with E-state index in [1.165, 1.54) is 10.9 Å². The van der Waals surface area contributed by atoms with Crippen molar-refractivity contribution in [2.45, 2.75) is 6.18 Å². The van der Waals surface area contributed by atoms with Gasteiger partial charge in [0.15, 0.2) is 11.4 Å². The summed E-state index contributed by atoms with van der Waals surface area (Å²) in [5.74, 6) is -2.29. The van der Waals surface area contributed by atoms with Crippen LogP contribution >= 0.6 is 0 Å². The van der Waals surface area contributed by atoms with Crippen LogP contribution in [0.25, 0.3) is 17.3 Å². The van der Waals surface area contributed by atoms with Gasteiger partial charge in [-0.2, -0.15) is 23.3 Å². The first-order valence-electron chi connectivity index (χ1n) is 5.70. The van der Waals surface area contributed by atoms with Crippen molar-refractivity contribution in [3.05, 3.63) is 42.4 Å². The summed E-state index contributed by atoms with van der Waals surface area (Å²) in [6.45, 7) is 0. The van der Waals surface area contributed by atoms with E-state index < -0.39 is 17.9 Å². The Morgan fingerprint density at radius 2 is 1.86 bits per heavy atom. The predicted molar refractivity (Wildman–Crippen MR) is 63.5 cm³/mol. The van der Waals surface area contributed by atoms with E-state index in [1.807, 2.05) is 0 Å². The van der Waals surface area contributed by atoms with Crippen molar-refractivity contribution in [3.8, 4) is 23.0 Å². The molecule has 3 rings (SSSR count). The maximum Gasteiger partial charge on any atom is 0.455 e. The zero-order chi connectivity index (χ0) is 15.0. The van der Waals surface area contributed by atoms with Crippen molar-refractivity contribution in [2.75, 3.05) is 0 Å². The molecule has 0 saturated carbocycles. The fourth-order valence-electron chi connectivity index (χ4n) is 1.66. The molecular weight excluding hydrogens is 289 g/mol. The van der Waals surface area contributed by atoms with Crippen molar-refractivity contribution in [3.63, 3.8) is 0 Å². The Kier molecular flexibility index (Phi) is 2.89. The van der Waals surface area contributed by atoms with Gasteiger partial charge in [-0.25, -0.2) is 4.68 Å². The molecule has 0 saturated heterocycles. The molecule has 1 N–H and O–H groups in total. The molecule has 21 heavy (non-hydrogen) atoms. The summed E-state index contributed by atoms with van der Waals surface area (Å²) in [7, 11) is 0. The van der Waals surface area contributed by atoms with E-state index in [9.17, 15) is 18.3 Å². The zero-order valence-corrected chi connectivity index (χ0v) is 10.2. The fourth-order valence-corrected chi connectivity index (χ4v) is 1.66. The van der Waals surface area contributed by atoms with E-state index in [-0.39, 0.29) is 11.4 Å². The summed E-state index contributed by atoms with van der Waals surface area (Å²) in [6.07, 6.45) is -3.48. The van der Waals surface area contributed by atoms with Crippen molar-refractivity contribution in [2.24, 2.45) is 0 Å². The lowest BCUT2D eigenvalue weighted by molar-refractivity contribution is -0.146. The SMILES string of the molecule is Oc1cn(-c2ccccc2)nc1-c1nc(C(F)(F)F)no1. The summed E-state index contributed by atoms with van der Waals surface area (Å²) in [5.41, 5.74) is 0.400. The highest BCUT2D eigenvalue weighted by atomic mass is 19.4. The molecule has 0 aliphatic carbocycles. The molecule has 0 fully saturated rings. The van der Waals surface area contributed by atoms with E-state index in [2.05, 4.69) is 19.8 Å². The summed E-state index contributed by atoms with van der Waals surface area (Å²) in [5, 5.41) is 16.5. The van der Waals surface area contributed by atoms with E-state index in [1.54, 1.807) is 30.3 Å². The monoisotopic (exact) mass is 296 g/mol. The number of hydrogen-bond acceptors (Lipinski definition) is 5. The molecule has 0 radical (unpaired) electrons. The van der Waals surface area contributed by atoms with Crippen LogP contribution in [0.5, 0.6) is 5.75 Å². The van der Waals surface area contributed by atoms with Crippen molar-refractivity contribution >= 4 is 0 Å². The highest BCUT2D eigenvalue weighted by molar-refractivity contribution is 5.56. The summed E-state index contributed by atoms with van der Waals surface area (Å²) < 4.78 is 43.0. The highest BCUT2D eigenvalue weighted by Gasteiger charge is 2.38. The topological polar surface area (TPSA) is 77.0 Å². The normalized spacial score (nSPS) is 11.8. The number of para-hydroxylation sites is 1. The standard InChI is InChI=1S/C12H7F3N4O2/c13-12(14,15)11-16-10(21-18-11)9-8(20)6-19(17-9)7-4-2-1-3-5-7/h1-6,20H. The van der Waals surface area contributed by atoms with E-state index in [4.69, 9.17) is 0 Å². The van der Waals surface area contributed by atoms with Gasteiger partial charge >= 0.3 is 6.18 Å². The van der Waals surface area contributed by atoms with Crippen LogP contribution in [0.2, 0.25) is 0 Å². The molecule has 2 aromatic heterocycles. The second kappa shape index (κ2) is 4.62. The average molecular weight is 296 g/mol. The number of halogens is 3. The van der Waals surface area contributed by atoms with Gasteiger partial charge in [-0.3, -0.25) is 0 Å². The Morgan fingerprint density at radius 1 is 1.14 bits per heavy atom. The maximum atomic E-state index is 12.4. The van der Waals surface area contributed by atoms with Crippen LogP contribution < -0.4 is 0 Å². The number of nitrogens with zero attached hydrogens (tertiary/aromatic N) is 4. The average Bonchev–Trinajstić information content (AvgIpc) is 3.05. The lowest BCUT2D eigenvalue weighted by atomic mass is 10.3. The van der Waals surface area contributed by atoms with Crippen LogP contribution in [0.3, 0.4) is 0 Å². The van der Waals surface area contributed by atoms with E-state index >= 15 is 0 Å². The van der Waals surface area contributed by atoms with Crippen LogP contribution in [0.15, 0.2) is 41.1 Å². The van der Waals surface area contributed by atoms with Gasteiger partial charge < -0.3 is 9.63 Å². The van der Waals surface area contributed by atoms with Gasteiger partial charge in [0.05, 0.1) is 11.9 Å². The second-order valence-electron chi connectivity index (χ2n) is 4.06. The molecule has 108 valence electrons. The molecule has 0 bridgehead atoms. The number of benzene rings is 1. The van der Waals surface area contributed by atoms with Crippen molar-refractivity contribution in [1.82, 2.24) is 19.9 Å². The van der Waals surface area contributed by atoms with Crippen LogP contribution in [-0.2, 0) is 6.18 Å². The van der Waals surface area contributed by atoms with Gasteiger partial charge in [0.2, 0.25) is 0 Å². The largest absolute Gasteiger partial charge is 0.504 e. The number of rotatable bonds is 2. The molecule has 6 nitrogen and oxygen atoms in total. The van der Waals surface area contributed by atoms with Gasteiger partial charge in [-0.15, -0.1) is 0 Å². The number of aromatic nitrogens is 4. The first kappa shape index (κ1) is 13.2. The molecule has 0 unspecified atom stereocenters. The Hall–Kier alpha value is -2.84. The third kappa shape index (κ3) is 2.45. The number of hydrogen-bond donors (Lipinski definition) is 1. The van der Waals surface area contributed by atoms with Gasteiger partial charge in [0.25, 0.3) is 11.7 Å². The molecule has 0 aliphatic rings. The van der Waals surface area contributed by atoms with E-state index in [0.717, 1.165) is 0 Å². The molecular formula is C12H7F3N4O2. The van der Waals surface area contributed by atoms with Crippen LogP contribution in [-0.4, -0.2) is 25.0 Å². The second-order valence-corrected chi connectivity index (χ2v) is 4.06. The minimum atomic E-state index is -4.72. The lowest BCUT2D eigenvalue weighted by Crippen LogP contribution is -2.07. The first-order chi connectivity index (χ1) is 9.95. The fraction of sp³-hybridized carbons (Fsp3) is 0.0833. The molecule has 0 aliphatic heterocycles. The lowest BCUT2D eigenvalue weighted by Gasteiger charge is -1.98. The quantitative estimate of drug-likeness (QED) is 0.786. The highest BCUT2D eigenvalue weighted by Crippen LogP contribution is 2.31. The minimum absolute atomic E-state index is 0.221. The number of aromatic hydroxyl groups is 1. The Labute approximate surface area is 115 Å². The van der Waals surface area contributed by atoms with Gasteiger partial charge in [-0.1, -0.05) is 23.4 Å². The Bertz CT molecular complexity index is 764. The number of alkyl halides is 3. The summed E-state index contributed by atoms with van der Waals surface area (Å²) >= 11 is 0. The minimum Gasteiger partial charge on any atom is -0.504 e. The molecule has 1 aromatic carbocycles. The van der Waals surface area contributed by atoms with E-state index in [0.29, 0.717) is 5.69 Å².